The van der Waals surface area contributed by atoms with Crippen molar-refractivity contribution in [1.29, 1.82) is 0 Å². The van der Waals surface area contributed by atoms with Crippen molar-refractivity contribution >= 4 is 13.8 Å². The highest BCUT2D eigenvalue weighted by molar-refractivity contribution is 7.44. The number of hydrogen-bond acceptors (Lipinski definition) is 6. The van der Waals surface area contributed by atoms with Crippen LogP contribution >= 0.6 is 7.82 Å². The largest absolute Gasteiger partial charge is 0.756 e. The smallest absolute Gasteiger partial charge is 0.330 e. The predicted octanol–water partition coefficient (Wildman–Crippen LogP) is 0.928. The molecule has 1 aliphatic heterocycles. The summed E-state index contributed by atoms with van der Waals surface area (Å²) >= 11 is 0. The highest BCUT2D eigenvalue weighted by Gasteiger charge is 2.32. The van der Waals surface area contributed by atoms with Gasteiger partial charge in [-0.05, 0) is 39.5 Å². The minimum Gasteiger partial charge on any atom is -0.756 e. The van der Waals surface area contributed by atoms with Crippen molar-refractivity contribution in [2.24, 2.45) is 17.8 Å². The van der Waals surface area contributed by atoms with Crippen LogP contribution in [-0.4, -0.2) is 53.9 Å². The Bertz CT molecular complexity index is 633. The summed E-state index contributed by atoms with van der Waals surface area (Å²) in [5.41, 5.74) is 0. The molecule has 3 N–H and O–H groups in total. The summed E-state index contributed by atoms with van der Waals surface area (Å²) in [6.07, 6.45) is 6.47. The molecule has 0 fully saturated rings. The SMILES string of the molecule is C#C[C@H](O)[C@H](C)[C@H](CC[C@H](C)[C@@H]1OC(=O)C=C[C@@H]1C)OP(=O)([O-])O.CC[NH+](CC)CC. The maximum Gasteiger partial charge on any atom is 0.330 e. The van der Waals surface area contributed by atoms with Crippen LogP contribution in [0, 0.1) is 30.1 Å². The average molecular weight is 462 g/mol. The third kappa shape index (κ3) is 11.8. The molecule has 31 heavy (non-hydrogen) atoms. The third-order valence-corrected chi connectivity index (χ3v) is 6.33. The number of cyclic esters (lactones) is 1. The molecule has 7 atom stereocenters. The van der Waals surface area contributed by atoms with E-state index in [-0.39, 0.29) is 24.4 Å². The van der Waals surface area contributed by atoms with Gasteiger partial charge in [0.1, 0.15) is 12.2 Å². The van der Waals surface area contributed by atoms with Crippen LogP contribution in [0.3, 0.4) is 0 Å². The summed E-state index contributed by atoms with van der Waals surface area (Å²) in [4.78, 5) is 33.1. The Morgan fingerprint density at radius 3 is 2.26 bits per heavy atom. The number of esters is 1. The van der Waals surface area contributed by atoms with E-state index in [1.54, 1.807) is 17.9 Å². The van der Waals surface area contributed by atoms with Crippen LogP contribution in [0.2, 0.25) is 0 Å². The molecule has 0 aromatic carbocycles. The number of hydrogen-bond donors (Lipinski definition) is 3. The maximum absolute atomic E-state index is 11.4. The fourth-order valence-corrected chi connectivity index (χ4v) is 4.17. The minimum atomic E-state index is -4.97. The van der Waals surface area contributed by atoms with Gasteiger partial charge in [0.25, 0.3) is 7.82 Å². The number of phosphoric acid groups is 1. The molecule has 0 spiro atoms. The first-order valence-electron chi connectivity index (χ1n) is 11.0. The van der Waals surface area contributed by atoms with Crippen molar-refractivity contribution in [2.45, 2.75) is 72.7 Å². The number of ether oxygens (including phenoxy) is 1. The van der Waals surface area contributed by atoms with Gasteiger partial charge >= 0.3 is 5.97 Å². The van der Waals surface area contributed by atoms with E-state index in [4.69, 9.17) is 16.1 Å². The molecule has 0 aliphatic carbocycles. The Balaban J connectivity index is 0.00000110. The Hall–Kier alpha value is -1.20. The standard InChI is InChI=1S/C16H25O7P.C6H15N/c1-5-13(17)12(4)14(23-24(19,20)21)8-6-10(2)16-11(3)7-9-15(18)22-16;1-4-7(5-2)6-3/h1,7,9-14,16-17H,6,8H2,2-4H3,(H2,19,20,21);4-6H2,1-3H3/t10-,11-,12-,13-,14-,16-;/m0./s1. The number of nitrogens with one attached hydrogen (secondary N) is 1. The molecular formula is C22H40NO7P. The number of quaternary nitrogens is 1. The normalized spacial score (nSPS) is 24.1. The number of terminal acetylenes is 1. The van der Waals surface area contributed by atoms with E-state index < -0.39 is 31.9 Å². The molecule has 0 aromatic rings. The third-order valence-electron chi connectivity index (χ3n) is 5.80. The molecule has 1 unspecified atom stereocenters. The van der Waals surface area contributed by atoms with Crippen LogP contribution in [0.15, 0.2) is 12.2 Å². The van der Waals surface area contributed by atoms with Crippen molar-refractivity contribution in [3.8, 4) is 12.3 Å². The van der Waals surface area contributed by atoms with Gasteiger partial charge in [-0.2, -0.15) is 0 Å². The monoisotopic (exact) mass is 461 g/mol. The first-order valence-corrected chi connectivity index (χ1v) is 12.5. The van der Waals surface area contributed by atoms with E-state index in [1.807, 2.05) is 13.8 Å². The molecule has 8 nitrogen and oxygen atoms in total. The molecule has 0 radical (unpaired) electrons. The topological polar surface area (TPSA) is 121 Å². The molecule has 0 saturated heterocycles. The second-order valence-corrected chi connectivity index (χ2v) is 9.22. The molecule has 0 amide bonds. The molecule has 180 valence electrons. The Morgan fingerprint density at radius 2 is 1.84 bits per heavy atom. The lowest BCUT2D eigenvalue weighted by atomic mass is 9.85. The zero-order valence-electron chi connectivity index (χ0n) is 19.6. The van der Waals surface area contributed by atoms with Crippen LogP contribution < -0.4 is 9.79 Å². The lowest BCUT2D eigenvalue weighted by Gasteiger charge is -2.33. The van der Waals surface area contributed by atoms with Crippen LogP contribution in [0.4, 0.5) is 0 Å². The first kappa shape index (κ1) is 29.8. The Kier molecular flexibility index (Phi) is 14.2. The molecule has 0 saturated carbocycles. The summed E-state index contributed by atoms with van der Waals surface area (Å²) in [6.45, 7) is 15.8. The zero-order chi connectivity index (χ0) is 24.2. The van der Waals surface area contributed by atoms with Gasteiger partial charge in [0, 0.05) is 17.9 Å². The van der Waals surface area contributed by atoms with Crippen molar-refractivity contribution in [2.75, 3.05) is 19.6 Å². The number of phosphoric ester groups is 1. The molecule has 0 aromatic heterocycles. The van der Waals surface area contributed by atoms with E-state index in [1.165, 1.54) is 25.7 Å². The zero-order valence-corrected chi connectivity index (χ0v) is 20.5. The summed E-state index contributed by atoms with van der Waals surface area (Å²) in [5, 5.41) is 9.72. The van der Waals surface area contributed by atoms with Crippen molar-refractivity contribution < 1.29 is 38.4 Å². The second kappa shape index (κ2) is 14.8. The first-order chi connectivity index (χ1) is 14.4. The van der Waals surface area contributed by atoms with Gasteiger partial charge < -0.3 is 29.1 Å². The lowest BCUT2D eigenvalue weighted by molar-refractivity contribution is -0.894. The van der Waals surface area contributed by atoms with E-state index in [0.29, 0.717) is 6.42 Å². The van der Waals surface area contributed by atoms with Crippen LogP contribution in [0.25, 0.3) is 0 Å². The molecule has 0 bridgehead atoms. The van der Waals surface area contributed by atoms with Gasteiger partial charge in [-0.1, -0.05) is 32.8 Å². The number of carbonyl (C=O) groups is 1. The van der Waals surface area contributed by atoms with E-state index in [9.17, 15) is 19.4 Å². The van der Waals surface area contributed by atoms with Gasteiger partial charge in [-0.25, -0.2) is 4.79 Å². The van der Waals surface area contributed by atoms with Crippen molar-refractivity contribution in [1.82, 2.24) is 0 Å². The summed E-state index contributed by atoms with van der Waals surface area (Å²) in [5.74, 6) is 0.985. The predicted molar refractivity (Wildman–Crippen MR) is 118 cm³/mol. The molecule has 1 heterocycles. The van der Waals surface area contributed by atoms with Crippen LogP contribution in [0.1, 0.15) is 54.4 Å². The Morgan fingerprint density at radius 1 is 1.29 bits per heavy atom. The highest BCUT2D eigenvalue weighted by atomic mass is 31.2. The number of rotatable bonds is 11. The van der Waals surface area contributed by atoms with Crippen LogP contribution in [0.5, 0.6) is 0 Å². The van der Waals surface area contributed by atoms with Gasteiger partial charge in [0.15, 0.2) is 0 Å². The summed E-state index contributed by atoms with van der Waals surface area (Å²) in [7, 11) is -4.97. The van der Waals surface area contributed by atoms with Gasteiger partial charge in [0.2, 0.25) is 0 Å². The number of carbonyl (C=O) groups excluding carboxylic acids is 1. The highest BCUT2D eigenvalue weighted by Crippen LogP contribution is 2.37. The fraction of sp³-hybridized carbons (Fsp3) is 0.773. The van der Waals surface area contributed by atoms with E-state index >= 15 is 0 Å². The van der Waals surface area contributed by atoms with Crippen LogP contribution in [-0.2, 0) is 18.6 Å². The van der Waals surface area contributed by atoms with Crippen molar-refractivity contribution in [3.63, 3.8) is 0 Å². The number of aliphatic hydroxyl groups is 1. The molecule has 1 rings (SSSR count). The lowest BCUT2D eigenvalue weighted by Crippen LogP contribution is -3.11. The second-order valence-electron chi connectivity index (χ2n) is 8.07. The van der Waals surface area contributed by atoms with E-state index in [2.05, 4.69) is 31.2 Å². The van der Waals surface area contributed by atoms with Gasteiger partial charge in [0.05, 0.1) is 25.7 Å². The minimum absolute atomic E-state index is 0.0363. The van der Waals surface area contributed by atoms with E-state index in [0.717, 1.165) is 0 Å². The number of aliphatic hydroxyl groups excluding tert-OH is 1. The molecular weight excluding hydrogens is 421 g/mol. The maximum atomic E-state index is 11.4. The summed E-state index contributed by atoms with van der Waals surface area (Å²) in [6, 6.07) is 0. The fourth-order valence-electron chi connectivity index (χ4n) is 3.53. The average Bonchev–Trinajstić information content (AvgIpc) is 2.72. The quantitative estimate of drug-likeness (QED) is 0.238. The van der Waals surface area contributed by atoms with Gasteiger partial charge in [-0.15, -0.1) is 6.42 Å². The molecule has 1 aliphatic rings. The van der Waals surface area contributed by atoms with Crippen molar-refractivity contribution in [3.05, 3.63) is 12.2 Å². The summed E-state index contributed by atoms with van der Waals surface area (Å²) < 4.78 is 21.0. The molecule has 9 heteroatoms. The van der Waals surface area contributed by atoms with Gasteiger partial charge in [-0.3, -0.25) is 4.57 Å². The Labute approximate surface area is 187 Å².